The fourth-order valence-electron chi connectivity index (χ4n) is 11.8. The zero-order chi connectivity index (χ0) is 56.2. The Balaban J connectivity index is 0.000000154. The molecule has 11 rings (SSSR count). The topological polar surface area (TPSA) is 152 Å². The molecule has 78 heavy (non-hydrogen) atoms. The van der Waals surface area contributed by atoms with Crippen molar-refractivity contribution < 1.29 is 74.5 Å². The molecule has 2 saturated carbocycles. The minimum absolute atomic E-state index is 0.0319. The number of aromatic carboxylic acids is 2. The van der Waals surface area contributed by atoms with E-state index in [0.29, 0.717) is 41.6 Å². The van der Waals surface area contributed by atoms with Crippen LogP contribution in [0, 0.1) is 10.8 Å². The van der Waals surface area contributed by atoms with Crippen LogP contribution in [0.3, 0.4) is 0 Å². The molecule has 2 aliphatic carbocycles. The van der Waals surface area contributed by atoms with Gasteiger partial charge in [0.15, 0.2) is 0 Å². The lowest BCUT2D eigenvalue weighted by atomic mass is 9.78. The molecule has 418 valence electrons. The van der Waals surface area contributed by atoms with Crippen molar-refractivity contribution in [1.82, 2.24) is 9.80 Å². The van der Waals surface area contributed by atoms with E-state index in [1.165, 1.54) is 24.1 Å². The number of ether oxygens (including phenoxy) is 2. The number of piperidine rings is 2. The van der Waals surface area contributed by atoms with Crippen LogP contribution in [0.25, 0.3) is 11.1 Å². The number of likely N-dealkylation sites (tertiary alicyclic amines) is 2. The highest BCUT2D eigenvalue weighted by Crippen LogP contribution is 2.66. The van der Waals surface area contributed by atoms with Gasteiger partial charge in [0.25, 0.3) is 11.8 Å². The molecule has 5 saturated heterocycles. The Morgan fingerprint density at radius 2 is 1.00 bits per heavy atom. The summed E-state index contributed by atoms with van der Waals surface area (Å²) in [6, 6.07) is 21.8. The second-order valence-corrected chi connectivity index (χ2v) is 23.7. The third-order valence-electron chi connectivity index (χ3n) is 17.5. The van der Waals surface area contributed by atoms with Gasteiger partial charge in [-0.05, 0) is 173 Å². The first-order valence-corrected chi connectivity index (χ1v) is 27.4. The van der Waals surface area contributed by atoms with Gasteiger partial charge in [-0.25, -0.2) is 9.59 Å². The summed E-state index contributed by atoms with van der Waals surface area (Å²) in [6.07, 6.45) is 0.268. The van der Waals surface area contributed by atoms with Gasteiger partial charge in [-0.1, -0.05) is 70.5 Å². The molecule has 5 aliphatic heterocycles. The van der Waals surface area contributed by atoms with Crippen LogP contribution >= 0.6 is 15.9 Å². The van der Waals surface area contributed by atoms with Crippen molar-refractivity contribution in [3.8, 4) is 11.1 Å². The van der Waals surface area contributed by atoms with Gasteiger partial charge >= 0.3 is 31.4 Å². The number of amides is 2. The number of nitrogens with zero attached hydrogens (tertiary/aromatic N) is 2. The van der Waals surface area contributed by atoms with Crippen molar-refractivity contribution in [2.75, 3.05) is 39.4 Å². The zero-order valence-corrected chi connectivity index (χ0v) is 45.6. The van der Waals surface area contributed by atoms with Crippen LogP contribution in [0.4, 0.5) is 26.3 Å². The van der Waals surface area contributed by atoms with E-state index < -0.39 is 41.0 Å². The lowest BCUT2D eigenvalue weighted by Gasteiger charge is -2.34. The van der Waals surface area contributed by atoms with E-state index in [1.54, 1.807) is 12.1 Å². The molecule has 2 amide bonds. The first-order chi connectivity index (χ1) is 36.7. The van der Waals surface area contributed by atoms with E-state index in [4.69, 9.17) is 29.0 Å². The molecule has 20 heteroatoms. The van der Waals surface area contributed by atoms with Gasteiger partial charge in [-0.2, -0.15) is 26.3 Å². The predicted molar refractivity (Wildman–Crippen MR) is 281 cm³/mol. The SMILES string of the molecule is CC1(C)OB(c2ccc([C@@H]3CC34CCN(C(=O)[C@H]3CCCO3)CC4)cc2)OC1(C)C.O=C(O)c1ccc(-c2ccc([C@@H]3CC34CCN(C(=O)[C@H]3CCCO3)CC4)cc2)c(C(F)(F)F)c1.O=C(O)c1ccc(Br)c(C(F)(F)F)c1. The molecule has 4 atom stereocenters. The average molecular weight is 1150 g/mol. The summed E-state index contributed by atoms with van der Waals surface area (Å²) < 4.78 is 101. The molecule has 0 radical (unpaired) electrons. The molecule has 4 aromatic carbocycles. The van der Waals surface area contributed by atoms with E-state index in [2.05, 4.69) is 67.9 Å². The van der Waals surface area contributed by atoms with Gasteiger partial charge in [-0.15, -0.1) is 0 Å². The van der Waals surface area contributed by atoms with Crippen LogP contribution in [0.1, 0.15) is 147 Å². The van der Waals surface area contributed by atoms with Crippen molar-refractivity contribution in [3.05, 3.63) is 123 Å². The van der Waals surface area contributed by atoms with E-state index >= 15 is 0 Å². The molecule has 4 aromatic rings. The number of carbonyl (C=O) groups is 4. The van der Waals surface area contributed by atoms with Crippen LogP contribution in [0.5, 0.6) is 0 Å². The van der Waals surface area contributed by atoms with Crippen molar-refractivity contribution in [2.24, 2.45) is 10.8 Å². The second kappa shape index (κ2) is 22.0. The number of carbonyl (C=O) groups excluding carboxylic acids is 2. The average Bonchev–Trinajstić information content (AvgIpc) is 4.08. The Morgan fingerprint density at radius 3 is 1.40 bits per heavy atom. The molecule has 5 heterocycles. The first-order valence-electron chi connectivity index (χ1n) is 26.6. The highest BCUT2D eigenvalue weighted by molar-refractivity contribution is 9.10. The van der Waals surface area contributed by atoms with Crippen molar-refractivity contribution in [1.29, 1.82) is 0 Å². The number of hydrogen-bond donors (Lipinski definition) is 2. The number of hydrogen-bond acceptors (Lipinski definition) is 8. The van der Waals surface area contributed by atoms with Crippen LogP contribution in [0.15, 0.2) is 89.4 Å². The maximum Gasteiger partial charge on any atom is 0.494 e. The number of alkyl halides is 6. The Morgan fingerprint density at radius 1 is 0.590 bits per heavy atom. The minimum atomic E-state index is -4.66. The van der Waals surface area contributed by atoms with Crippen molar-refractivity contribution in [3.63, 3.8) is 0 Å². The van der Waals surface area contributed by atoms with E-state index in [1.807, 2.05) is 21.9 Å². The summed E-state index contributed by atoms with van der Waals surface area (Å²) in [5.74, 6) is -1.50. The lowest BCUT2D eigenvalue weighted by Crippen LogP contribution is -2.44. The molecule has 2 N–H and O–H groups in total. The third kappa shape index (κ3) is 12.2. The smallest absolute Gasteiger partial charge is 0.478 e. The number of carboxylic acids is 2. The molecule has 0 bridgehead atoms. The van der Waals surface area contributed by atoms with Gasteiger partial charge in [0.1, 0.15) is 12.2 Å². The third-order valence-corrected chi connectivity index (χ3v) is 18.2. The minimum Gasteiger partial charge on any atom is -0.478 e. The number of halogens is 7. The maximum atomic E-state index is 13.6. The quantitative estimate of drug-likeness (QED) is 0.129. The maximum absolute atomic E-state index is 13.6. The first kappa shape index (κ1) is 57.4. The fraction of sp³-hybridized carbons (Fsp3) is 0.517. The number of benzene rings is 4. The molecule has 0 aromatic heterocycles. The van der Waals surface area contributed by atoms with Gasteiger partial charge < -0.3 is 38.8 Å². The Hall–Kier alpha value is -5.28. The van der Waals surface area contributed by atoms with Crippen LogP contribution in [0.2, 0.25) is 0 Å². The van der Waals surface area contributed by atoms with Crippen molar-refractivity contribution in [2.45, 2.75) is 140 Å². The molecule has 0 unspecified atom stereocenters. The summed E-state index contributed by atoms with van der Waals surface area (Å²) in [5.41, 5.74) is 1.17. The number of carboxylic acid groups (broad SMARTS) is 2. The Labute approximate surface area is 458 Å². The van der Waals surface area contributed by atoms with E-state index in [0.717, 1.165) is 114 Å². The molecule has 2 spiro atoms. The van der Waals surface area contributed by atoms with Gasteiger partial charge in [0, 0.05) is 43.9 Å². The Kier molecular flexibility index (Phi) is 16.2. The summed E-state index contributed by atoms with van der Waals surface area (Å²) in [5, 5.41) is 17.6. The van der Waals surface area contributed by atoms with Gasteiger partial charge in [0.05, 0.1) is 33.5 Å². The highest BCUT2D eigenvalue weighted by Gasteiger charge is 2.57. The molecule has 7 aliphatic rings. The second-order valence-electron chi connectivity index (χ2n) is 22.8. The molecular weight excluding hydrogens is 1090 g/mol. The van der Waals surface area contributed by atoms with E-state index in [-0.39, 0.29) is 63.4 Å². The zero-order valence-electron chi connectivity index (χ0n) is 44.0. The predicted octanol–water partition coefficient (Wildman–Crippen LogP) is 11.8. The molecule has 7 fully saturated rings. The lowest BCUT2D eigenvalue weighted by molar-refractivity contribution is -0.143. The monoisotopic (exact) mass is 1150 g/mol. The summed E-state index contributed by atoms with van der Waals surface area (Å²) in [7, 11) is -0.302. The summed E-state index contributed by atoms with van der Waals surface area (Å²) in [6.45, 7) is 12.9. The summed E-state index contributed by atoms with van der Waals surface area (Å²) in [4.78, 5) is 50.7. The van der Waals surface area contributed by atoms with Gasteiger partial charge in [0.2, 0.25) is 0 Å². The largest absolute Gasteiger partial charge is 0.494 e. The van der Waals surface area contributed by atoms with Crippen LogP contribution in [-0.2, 0) is 40.7 Å². The van der Waals surface area contributed by atoms with Crippen molar-refractivity contribution >= 4 is 52.3 Å². The standard InChI is InChI=1S/C26H26F3NO4.C24H34BNO4.C8H4BrF3O2/c27-26(28,29)20-14-18(24(32)33)7-8-19(20)16-3-5-17(6-4-16)21-15-25(21)9-11-30(12-10-25)23(31)22-2-1-13-34-22;1-22(2)23(3,4)30-25(29-22)18-9-7-17(8-10-18)19-16-24(19)11-13-26(14-12-24)21(27)20-6-5-15-28-20;9-6-2-1-4(7(13)14)3-5(6)8(10,11)12/h3-8,14,21-22H,1-2,9-13,15H2,(H,32,33);7-10,19-20H,5-6,11-16H2,1-4H3;1-3H,(H,13,14)/t21-,22+;19-,20+;/m00./s1. The number of rotatable bonds is 8. The molecular formula is C58H64BBrF6N2O10. The molecule has 12 nitrogen and oxygen atoms in total. The summed E-state index contributed by atoms with van der Waals surface area (Å²) >= 11 is 2.70. The van der Waals surface area contributed by atoms with E-state index in [9.17, 15) is 45.5 Å². The van der Waals surface area contributed by atoms with Crippen LogP contribution in [-0.4, -0.2) is 114 Å². The van der Waals surface area contributed by atoms with Crippen LogP contribution < -0.4 is 5.46 Å². The highest BCUT2D eigenvalue weighted by atomic mass is 79.9. The normalized spacial score (nSPS) is 24.5. The Bertz CT molecular complexity index is 2860. The van der Waals surface area contributed by atoms with Gasteiger partial charge in [-0.3, -0.25) is 9.59 Å². The fourth-order valence-corrected chi connectivity index (χ4v) is 12.3.